The van der Waals surface area contributed by atoms with Crippen LogP contribution in [0.25, 0.3) is 0 Å². The van der Waals surface area contributed by atoms with Crippen LogP contribution in [-0.4, -0.2) is 42.8 Å². The summed E-state index contributed by atoms with van der Waals surface area (Å²) in [7, 11) is -0.000899. The topological polar surface area (TPSA) is 64.4 Å². The van der Waals surface area contributed by atoms with Gasteiger partial charge in [0, 0.05) is 20.7 Å². The third-order valence-corrected chi connectivity index (χ3v) is 6.05. The molecule has 0 fully saturated rings. The first-order valence-electron chi connectivity index (χ1n) is 7.56. The van der Waals surface area contributed by atoms with Gasteiger partial charge in [0.05, 0.1) is 30.3 Å². The number of fused-ring (bicyclic) bond motifs is 1. The molecule has 0 aliphatic carbocycles. The molecule has 6 nitrogen and oxygen atoms in total. The van der Waals surface area contributed by atoms with Gasteiger partial charge in [-0.15, -0.1) is 0 Å². The molecule has 1 aromatic carbocycles. The van der Waals surface area contributed by atoms with E-state index in [9.17, 15) is 8.42 Å². The van der Waals surface area contributed by atoms with Gasteiger partial charge in [-0.1, -0.05) is 30.3 Å². The van der Waals surface area contributed by atoms with E-state index < -0.39 is 10.0 Å². The average molecular weight is 335 g/mol. The van der Waals surface area contributed by atoms with Gasteiger partial charge in [0.15, 0.2) is 0 Å². The maximum Gasteiger partial charge on any atom is 0.218 e. The van der Waals surface area contributed by atoms with Crippen LogP contribution >= 0.6 is 0 Å². The van der Waals surface area contributed by atoms with Gasteiger partial charge < -0.3 is 4.74 Å². The van der Waals surface area contributed by atoms with Gasteiger partial charge in [-0.2, -0.15) is 9.40 Å². The van der Waals surface area contributed by atoms with Gasteiger partial charge in [-0.05, 0) is 17.5 Å². The predicted octanol–water partition coefficient (Wildman–Crippen LogP) is 1.50. The monoisotopic (exact) mass is 335 g/mol. The van der Waals surface area contributed by atoms with Gasteiger partial charge in [0.2, 0.25) is 10.0 Å². The fraction of sp³-hybridized carbons (Fsp3) is 0.438. The second-order valence-electron chi connectivity index (χ2n) is 5.75. The Bertz CT molecular complexity index is 771. The lowest BCUT2D eigenvalue weighted by molar-refractivity contribution is 0.123. The second-order valence-corrected chi connectivity index (χ2v) is 7.67. The number of hydrogen-bond acceptors (Lipinski definition) is 4. The quantitative estimate of drug-likeness (QED) is 0.830. The molecule has 0 N–H and O–H groups in total. The first kappa shape index (κ1) is 16.2. The molecule has 1 unspecified atom stereocenters. The van der Waals surface area contributed by atoms with E-state index in [2.05, 4.69) is 5.10 Å². The number of sulfonamides is 1. The highest BCUT2D eigenvalue weighted by Crippen LogP contribution is 2.32. The van der Waals surface area contributed by atoms with E-state index in [1.807, 2.05) is 43.6 Å². The normalized spacial score (nSPS) is 18.8. The van der Waals surface area contributed by atoms with Crippen LogP contribution in [0, 0.1) is 0 Å². The Labute approximate surface area is 136 Å². The number of hydrogen-bond donors (Lipinski definition) is 0. The minimum atomic E-state index is -3.43. The van der Waals surface area contributed by atoms with E-state index in [0.29, 0.717) is 19.6 Å². The molecule has 0 saturated carbocycles. The molecule has 3 rings (SSSR count). The summed E-state index contributed by atoms with van der Waals surface area (Å²) in [6, 6.07) is 8.93. The molecule has 0 bridgehead atoms. The molecule has 2 heterocycles. The first-order chi connectivity index (χ1) is 11.0. The third-order valence-electron chi connectivity index (χ3n) is 4.20. The van der Waals surface area contributed by atoms with E-state index in [1.165, 1.54) is 0 Å². The Morgan fingerprint density at radius 1 is 1.30 bits per heavy atom. The Hall–Kier alpha value is -1.70. The molecule has 7 heteroatoms. The lowest BCUT2D eigenvalue weighted by atomic mass is 10.0. The van der Waals surface area contributed by atoms with Crippen LogP contribution in [0.5, 0.6) is 0 Å². The molecule has 1 aliphatic heterocycles. The maximum atomic E-state index is 12.9. The van der Waals surface area contributed by atoms with E-state index in [-0.39, 0.29) is 11.8 Å². The molecule has 1 aliphatic rings. The Balaban J connectivity index is 1.93. The summed E-state index contributed by atoms with van der Waals surface area (Å²) in [6.45, 7) is 0.780. The zero-order valence-electron chi connectivity index (χ0n) is 13.3. The van der Waals surface area contributed by atoms with Crippen LogP contribution in [-0.2, 0) is 34.0 Å². The lowest BCUT2D eigenvalue weighted by Gasteiger charge is -2.34. The number of aromatic nitrogens is 2. The van der Waals surface area contributed by atoms with Crippen molar-refractivity contribution in [1.82, 2.24) is 14.1 Å². The van der Waals surface area contributed by atoms with Gasteiger partial charge in [0.1, 0.15) is 0 Å². The van der Waals surface area contributed by atoms with Crippen molar-refractivity contribution in [3.63, 3.8) is 0 Å². The van der Waals surface area contributed by atoms with Crippen molar-refractivity contribution in [1.29, 1.82) is 0 Å². The van der Waals surface area contributed by atoms with Crippen molar-refractivity contribution in [3.05, 3.63) is 53.3 Å². The highest BCUT2D eigenvalue weighted by molar-refractivity contribution is 7.88. The van der Waals surface area contributed by atoms with Crippen molar-refractivity contribution >= 4 is 10.0 Å². The molecule has 23 heavy (non-hydrogen) atoms. The number of rotatable bonds is 5. The third kappa shape index (κ3) is 3.17. The van der Waals surface area contributed by atoms with Gasteiger partial charge >= 0.3 is 0 Å². The van der Waals surface area contributed by atoms with Crippen LogP contribution in [0.15, 0.2) is 36.5 Å². The van der Waals surface area contributed by atoms with Crippen molar-refractivity contribution in [2.75, 3.05) is 20.3 Å². The van der Waals surface area contributed by atoms with E-state index in [0.717, 1.165) is 16.8 Å². The fourth-order valence-electron chi connectivity index (χ4n) is 3.16. The molecule has 0 amide bonds. The highest BCUT2D eigenvalue weighted by atomic mass is 32.2. The van der Waals surface area contributed by atoms with Gasteiger partial charge in [-0.3, -0.25) is 4.68 Å². The van der Waals surface area contributed by atoms with Gasteiger partial charge in [0.25, 0.3) is 0 Å². The number of methoxy groups -OCH3 is 1. The van der Waals surface area contributed by atoms with Crippen molar-refractivity contribution in [2.45, 2.75) is 18.2 Å². The average Bonchev–Trinajstić information content (AvgIpc) is 2.90. The van der Waals surface area contributed by atoms with Crippen molar-refractivity contribution < 1.29 is 13.2 Å². The molecule has 2 aromatic rings. The first-order valence-corrected chi connectivity index (χ1v) is 9.17. The largest absolute Gasteiger partial charge is 0.383 e. The SMILES string of the molecule is COCC1c2c(cnn2C)CCN1S(=O)(=O)Cc1ccccc1. The zero-order valence-corrected chi connectivity index (χ0v) is 14.2. The summed E-state index contributed by atoms with van der Waals surface area (Å²) in [5, 5.41) is 4.27. The predicted molar refractivity (Wildman–Crippen MR) is 87.3 cm³/mol. The maximum absolute atomic E-state index is 12.9. The van der Waals surface area contributed by atoms with Crippen molar-refractivity contribution in [3.8, 4) is 0 Å². The van der Waals surface area contributed by atoms with E-state index >= 15 is 0 Å². The summed E-state index contributed by atoms with van der Waals surface area (Å²) < 4.78 is 34.5. The lowest BCUT2D eigenvalue weighted by Crippen LogP contribution is -2.43. The summed E-state index contributed by atoms with van der Waals surface area (Å²) in [5.41, 5.74) is 2.81. The fourth-order valence-corrected chi connectivity index (χ4v) is 4.86. The standard InChI is InChI=1S/C16H21N3O3S/c1-18-16-14(10-17-18)8-9-19(15(16)11-22-2)23(20,21)12-13-6-4-3-5-7-13/h3-7,10,15H,8-9,11-12H2,1-2H3. The summed E-state index contributed by atoms with van der Waals surface area (Å²) in [6.07, 6.45) is 2.50. The van der Waals surface area contributed by atoms with Crippen LogP contribution < -0.4 is 0 Å². The second kappa shape index (κ2) is 6.43. The number of benzene rings is 1. The number of nitrogens with zero attached hydrogens (tertiary/aromatic N) is 3. The minimum absolute atomic E-state index is 0.00123. The highest BCUT2D eigenvalue weighted by Gasteiger charge is 2.37. The Morgan fingerprint density at radius 2 is 2.04 bits per heavy atom. The summed E-state index contributed by atoms with van der Waals surface area (Å²) in [5.74, 6) is 0.00123. The Kier molecular flexibility index (Phi) is 4.52. The zero-order chi connectivity index (χ0) is 16.4. The molecular weight excluding hydrogens is 314 g/mol. The van der Waals surface area contributed by atoms with Gasteiger partial charge in [-0.25, -0.2) is 8.42 Å². The molecule has 0 saturated heterocycles. The van der Waals surface area contributed by atoms with Crippen molar-refractivity contribution in [2.24, 2.45) is 7.05 Å². The summed E-state index contributed by atoms with van der Waals surface area (Å²) in [4.78, 5) is 0. The molecule has 0 spiro atoms. The molecule has 1 atom stereocenters. The number of ether oxygens (including phenoxy) is 1. The van der Waals surface area contributed by atoms with Crippen LogP contribution in [0.1, 0.15) is 22.9 Å². The summed E-state index contributed by atoms with van der Waals surface area (Å²) >= 11 is 0. The molecule has 0 radical (unpaired) electrons. The number of aryl methyl sites for hydroxylation is 1. The molecule has 1 aromatic heterocycles. The molecule has 124 valence electrons. The minimum Gasteiger partial charge on any atom is -0.383 e. The Morgan fingerprint density at radius 3 is 2.74 bits per heavy atom. The van der Waals surface area contributed by atoms with Crippen LogP contribution in [0.3, 0.4) is 0 Å². The van der Waals surface area contributed by atoms with Crippen LogP contribution in [0.2, 0.25) is 0 Å². The van der Waals surface area contributed by atoms with E-state index in [1.54, 1.807) is 16.1 Å². The van der Waals surface area contributed by atoms with E-state index in [4.69, 9.17) is 4.74 Å². The molecular formula is C16H21N3O3S. The van der Waals surface area contributed by atoms with Crippen LogP contribution in [0.4, 0.5) is 0 Å². The smallest absolute Gasteiger partial charge is 0.218 e.